The molecule has 0 N–H and O–H groups in total. The molecule has 2 nitrogen and oxygen atoms in total. The molecular weight excluding hydrogens is 1220 g/mol. The van der Waals surface area contributed by atoms with Gasteiger partial charge in [0.1, 0.15) is 0 Å². The molecule has 1 heterocycles. The van der Waals surface area contributed by atoms with Crippen LogP contribution in [0.3, 0.4) is 0 Å². The van der Waals surface area contributed by atoms with Crippen LogP contribution in [-0.2, 0) is 16.2 Å². The Morgan fingerprint density at radius 2 is 0.752 bits per heavy atom. The molecule has 2 heteroatoms. The van der Waals surface area contributed by atoms with Crippen LogP contribution in [-0.4, -0.2) is 4.57 Å². The lowest BCUT2D eigenvalue weighted by atomic mass is 9.69. The number of rotatable bonds is 22. The number of nitrogens with zero attached hydrogens (tertiary/aromatic N) is 2. The fourth-order valence-electron chi connectivity index (χ4n) is 18.3. The van der Waals surface area contributed by atoms with E-state index in [-0.39, 0.29) is 16.2 Å². The number of benzene rings is 12. The van der Waals surface area contributed by atoms with Crippen LogP contribution in [0.4, 0.5) is 17.1 Å². The second-order valence-corrected chi connectivity index (χ2v) is 31.3. The Labute approximate surface area is 601 Å². The van der Waals surface area contributed by atoms with Crippen molar-refractivity contribution in [1.82, 2.24) is 4.57 Å². The second kappa shape index (κ2) is 26.6. The number of aryl methyl sites for hydroxylation is 4. The average molecular weight is 1320 g/mol. The van der Waals surface area contributed by atoms with Gasteiger partial charge >= 0.3 is 0 Å². The molecule has 0 atom stereocenters. The SMILES string of the molecule is CCCCCCCCC1(CCCCCCCC)c2cc(C)c(C)cc2-c2cc(C)c(-c3ccc4c(c3)C(C)(C)c3cc(N(c5ccc(-c6ccc7c8ccccc8n(-c8cccc(-c9cccc(-c%10ccccc%10)c9)c8)c7c6)cc5)c5ccc6c(c5)C(C)(C)c5cc(C)ccc5-6)ccc3-4)cc21. The van der Waals surface area contributed by atoms with Gasteiger partial charge in [-0.2, -0.15) is 0 Å². The van der Waals surface area contributed by atoms with E-state index in [2.05, 4.69) is 321 Å². The maximum absolute atomic E-state index is 2.70. The van der Waals surface area contributed by atoms with Crippen molar-refractivity contribution in [1.29, 1.82) is 0 Å². The molecule has 0 spiro atoms. The predicted molar refractivity (Wildman–Crippen MR) is 433 cm³/mol. The zero-order valence-electron chi connectivity index (χ0n) is 61.4. The van der Waals surface area contributed by atoms with Gasteiger partial charge < -0.3 is 9.47 Å². The summed E-state index contributed by atoms with van der Waals surface area (Å²) in [6.07, 6.45) is 18.3. The van der Waals surface area contributed by atoms with Crippen LogP contribution in [0.25, 0.3) is 105 Å². The van der Waals surface area contributed by atoms with Gasteiger partial charge in [0.2, 0.25) is 0 Å². The maximum Gasteiger partial charge on any atom is 0.0547 e. The molecule has 1 aromatic heterocycles. The first-order valence-corrected chi connectivity index (χ1v) is 38.2. The topological polar surface area (TPSA) is 8.17 Å². The summed E-state index contributed by atoms with van der Waals surface area (Å²) in [6, 6.07) is 93.6. The molecule has 504 valence electrons. The van der Waals surface area contributed by atoms with Crippen LogP contribution in [0.5, 0.6) is 0 Å². The molecule has 3 aliphatic rings. The van der Waals surface area contributed by atoms with Gasteiger partial charge in [-0.3, -0.25) is 0 Å². The first-order valence-electron chi connectivity index (χ1n) is 38.2. The van der Waals surface area contributed by atoms with Crippen molar-refractivity contribution in [3.05, 3.63) is 298 Å². The summed E-state index contributed by atoms with van der Waals surface area (Å²) in [5, 5.41) is 2.49. The van der Waals surface area contributed by atoms with Crippen molar-refractivity contribution in [2.75, 3.05) is 4.90 Å². The summed E-state index contributed by atoms with van der Waals surface area (Å²) in [6.45, 7) is 23.7. The molecule has 0 fully saturated rings. The Bertz CT molecular complexity index is 5300. The Balaban J connectivity index is 0.763. The lowest BCUT2D eigenvalue weighted by Gasteiger charge is -2.34. The first-order chi connectivity index (χ1) is 49.1. The van der Waals surface area contributed by atoms with Crippen LogP contribution in [0.15, 0.2) is 243 Å². The summed E-state index contributed by atoms with van der Waals surface area (Å²) < 4.78 is 2.46. The minimum Gasteiger partial charge on any atom is -0.310 e. The number of fused-ring (bicyclic) bond motifs is 12. The van der Waals surface area contributed by atoms with E-state index in [1.807, 2.05) is 0 Å². The lowest BCUT2D eigenvalue weighted by molar-refractivity contribution is 0.397. The van der Waals surface area contributed by atoms with Gasteiger partial charge in [0.05, 0.1) is 11.0 Å². The second-order valence-electron chi connectivity index (χ2n) is 31.3. The molecule has 13 aromatic rings. The molecule has 16 rings (SSSR count). The van der Waals surface area contributed by atoms with Crippen molar-refractivity contribution < 1.29 is 0 Å². The quantitative estimate of drug-likeness (QED) is 0.0614. The van der Waals surface area contributed by atoms with E-state index in [1.54, 1.807) is 11.1 Å². The van der Waals surface area contributed by atoms with Crippen molar-refractivity contribution >= 4 is 38.9 Å². The molecule has 0 saturated heterocycles. The number of para-hydroxylation sites is 1. The number of hydrogen-bond donors (Lipinski definition) is 0. The van der Waals surface area contributed by atoms with E-state index in [0.29, 0.717) is 0 Å². The minimum absolute atomic E-state index is 0.0103. The third-order valence-electron chi connectivity index (χ3n) is 24.1. The highest BCUT2D eigenvalue weighted by Crippen LogP contribution is 2.58. The van der Waals surface area contributed by atoms with E-state index in [1.165, 1.54) is 234 Å². The zero-order chi connectivity index (χ0) is 69.3. The summed E-state index contributed by atoms with van der Waals surface area (Å²) in [5.74, 6) is 0. The molecule has 0 aliphatic heterocycles. The monoisotopic (exact) mass is 1310 g/mol. The first kappa shape index (κ1) is 65.8. The maximum atomic E-state index is 2.70. The Morgan fingerprint density at radius 3 is 1.42 bits per heavy atom. The van der Waals surface area contributed by atoms with Gasteiger partial charge in [0.15, 0.2) is 0 Å². The molecule has 12 aromatic carbocycles. The minimum atomic E-state index is -0.267. The average Bonchev–Trinajstić information content (AvgIpc) is 1.55. The van der Waals surface area contributed by atoms with Crippen LogP contribution < -0.4 is 4.90 Å². The highest BCUT2D eigenvalue weighted by molar-refractivity contribution is 6.10. The lowest BCUT2D eigenvalue weighted by Crippen LogP contribution is -2.26. The highest BCUT2D eigenvalue weighted by atomic mass is 15.1. The number of unbranched alkanes of at least 4 members (excludes halogenated alkanes) is 10. The van der Waals surface area contributed by atoms with Crippen LogP contribution in [0.1, 0.15) is 187 Å². The van der Waals surface area contributed by atoms with Gasteiger partial charge in [-0.25, -0.2) is 0 Å². The molecule has 101 heavy (non-hydrogen) atoms. The predicted octanol–water partition coefficient (Wildman–Crippen LogP) is 28.5. The van der Waals surface area contributed by atoms with Gasteiger partial charge in [-0.05, 0) is 247 Å². The number of anilines is 3. The third kappa shape index (κ3) is 11.6. The van der Waals surface area contributed by atoms with Crippen LogP contribution in [0, 0.1) is 27.7 Å². The zero-order valence-corrected chi connectivity index (χ0v) is 61.4. The third-order valence-corrected chi connectivity index (χ3v) is 24.1. The Morgan fingerprint density at radius 1 is 0.287 bits per heavy atom. The van der Waals surface area contributed by atoms with Gasteiger partial charge in [0, 0.05) is 49.8 Å². The van der Waals surface area contributed by atoms with Gasteiger partial charge in [0.25, 0.3) is 0 Å². The Kier molecular flexibility index (Phi) is 17.4. The number of aromatic nitrogens is 1. The fourth-order valence-corrected chi connectivity index (χ4v) is 18.3. The molecule has 0 saturated carbocycles. The summed E-state index contributed by atoms with van der Waals surface area (Å²) in [5.41, 5.74) is 39.0. The normalized spacial score (nSPS) is 14.0. The van der Waals surface area contributed by atoms with Crippen molar-refractivity contribution in [2.24, 2.45) is 0 Å². The van der Waals surface area contributed by atoms with Crippen molar-refractivity contribution in [3.8, 4) is 83.6 Å². The standard InChI is InChI=1S/C99H98N2/c1-11-13-15-17-19-26-52-99(53-27-20-18-16-14-12-2)93-57-67(5)66(4)55-87(93)88-56-68(6)86(64-94(88)99)75-42-48-81-83-51-46-79(63-92(83)98(9,10)90(81)60-75)100(78-45-50-82-80-47-38-65(3)54-89(80)97(7,8)91(82)62-78)76-43-39-70(40-44-76)74-41-49-85-84-36-24-25-37-95(84)101(96(85)61-74)77-35-29-34-73(59-77)72-33-28-32-71(58-72)69-30-22-21-23-31-69/h21-25,28-51,54-64H,11-20,26-27,52-53H2,1-10H3. The van der Waals surface area contributed by atoms with E-state index in [0.717, 1.165) is 22.7 Å². The van der Waals surface area contributed by atoms with Gasteiger partial charge in [-0.1, -0.05) is 288 Å². The van der Waals surface area contributed by atoms with E-state index in [4.69, 9.17) is 0 Å². The number of hydrogen-bond acceptors (Lipinski definition) is 1. The largest absolute Gasteiger partial charge is 0.310 e. The summed E-state index contributed by atoms with van der Waals surface area (Å²) >= 11 is 0. The van der Waals surface area contributed by atoms with E-state index >= 15 is 0 Å². The fraction of sp³-hybridized carbons (Fsp3) is 0.273. The van der Waals surface area contributed by atoms with Crippen LogP contribution >= 0.6 is 0 Å². The molecule has 0 unspecified atom stereocenters. The summed E-state index contributed by atoms with van der Waals surface area (Å²) in [7, 11) is 0. The van der Waals surface area contributed by atoms with E-state index in [9.17, 15) is 0 Å². The molecule has 0 bridgehead atoms. The smallest absolute Gasteiger partial charge is 0.0547 e. The Hall–Kier alpha value is -9.76. The highest BCUT2D eigenvalue weighted by Gasteiger charge is 2.44. The van der Waals surface area contributed by atoms with E-state index < -0.39 is 0 Å². The van der Waals surface area contributed by atoms with Crippen LogP contribution in [0.2, 0.25) is 0 Å². The molecule has 0 amide bonds. The van der Waals surface area contributed by atoms with Crippen molar-refractivity contribution in [2.45, 2.75) is 175 Å². The van der Waals surface area contributed by atoms with Crippen molar-refractivity contribution in [3.63, 3.8) is 0 Å². The summed E-state index contributed by atoms with van der Waals surface area (Å²) in [4.78, 5) is 2.53. The molecule has 0 radical (unpaired) electrons. The van der Waals surface area contributed by atoms with Gasteiger partial charge in [-0.15, -0.1) is 0 Å². The molecular formula is C99H98N2. The molecule has 3 aliphatic carbocycles.